The fraction of sp³-hybridized carbons (Fsp3) is 0.333. The lowest BCUT2D eigenvalue weighted by Gasteiger charge is -2.11. The minimum atomic E-state index is -4.62. The third kappa shape index (κ3) is 3.10. The van der Waals surface area contributed by atoms with E-state index in [1.807, 2.05) is 0 Å². The highest BCUT2D eigenvalue weighted by molar-refractivity contribution is 7.91. The SMILES string of the molecule is Nc1cc(S(=O)(=O)CCO)ccc1C(F)(F)F. The Morgan fingerprint density at radius 2 is 1.88 bits per heavy atom. The van der Waals surface area contributed by atoms with Gasteiger partial charge in [0.1, 0.15) is 0 Å². The molecule has 0 saturated heterocycles. The monoisotopic (exact) mass is 269 g/mol. The molecule has 3 N–H and O–H groups in total. The van der Waals surface area contributed by atoms with Gasteiger partial charge in [0.25, 0.3) is 0 Å². The van der Waals surface area contributed by atoms with Crippen molar-refractivity contribution in [1.82, 2.24) is 0 Å². The van der Waals surface area contributed by atoms with E-state index in [1.54, 1.807) is 0 Å². The average Bonchev–Trinajstić information content (AvgIpc) is 2.15. The van der Waals surface area contributed by atoms with E-state index in [1.165, 1.54) is 0 Å². The standard InChI is InChI=1S/C9H10F3NO3S/c10-9(11,12)7-2-1-6(5-8(7)13)17(15,16)4-3-14/h1-2,5,14H,3-4,13H2. The highest BCUT2D eigenvalue weighted by Crippen LogP contribution is 2.34. The number of rotatable bonds is 3. The maximum Gasteiger partial charge on any atom is 0.418 e. The number of anilines is 1. The molecule has 0 aromatic heterocycles. The maximum atomic E-state index is 12.4. The van der Waals surface area contributed by atoms with E-state index < -0.39 is 39.6 Å². The third-order valence-electron chi connectivity index (χ3n) is 2.05. The number of alkyl halides is 3. The van der Waals surface area contributed by atoms with Gasteiger partial charge in [-0.25, -0.2) is 8.42 Å². The van der Waals surface area contributed by atoms with Gasteiger partial charge >= 0.3 is 6.18 Å². The zero-order valence-electron chi connectivity index (χ0n) is 8.53. The molecule has 1 aromatic rings. The van der Waals surface area contributed by atoms with Crippen LogP contribution in [0.4, 0.5) is 18.9 Å². The van der Waals surface area contributed by atoms with Gasteiger partial charge in [0.15, 0.2) is 9.84 Å². The number of aliphatic hydroxyl groups is 1. The minimum absolute atomic E-state index is 0.336. The summed E-state index contributed by atoms with van der Waals surface area (Å²) >= 11 is 0. The van der Waals surface area contributed by atoms with Gasteiger partial charge in [-0.2, -0.15) is 13.2 Å². The Bertz CT molecular complexity index is 511. The molecule has 0 bridgehead atoms. The summed E-state index contributed by atoms with van der Waals surface area (Å²) in [5.41, 5.74) is 3.41. The number of aliphatic hydroxyl groups excluding tert-OH is 1. The van der Waals surface area contributed by atoms with E-state index in [4.69, 9.17) is 10.8 Å². The van der Waals surface area contributed by atoms with Crippen molar-refractivity contribution in [3.05, 3.63) is 23.8 Å². The zero-order valence-corrected chi connectivity index (χ0v) is 9.35. The number of hydrogen-bond donors (Lipinski definition) is 2. The van der Waals surface area contributed by atoms with Crippen LogP contribution in [0.25, 0.3) is 0 Å². The molecule has 96 valence electrons. The van der Waals surface area contributed by atoms with Crippen LogP contribution in [-0.2, 0) is 16.0 Å². The fourth-order valence-corrected chi connectivity index (χ4v) is 2.29. The number of benzene rings is 1. The molecule has 0 amide bonds. The van der Waals surface area contributed by atoms with Crippen molar-refractivity contribution in [2.75, 3.05) is 18.1 Å². The van der Waals surface area contributed by atoms with Crippen LogP contribution in [0.5, 0.6) is 0 Å². The Morgan fingerprint density at radius 3 is 2.29 bits per heavy atom. The summed E-state index contributed by atoms with van der Waals surface area (Å²) in [6.07, 6.45) is -4.62. The summed E-state index contributed by atoms with van der Waals surface area (Å²) in [6, 6.07) is 2.18. The third-order valence-corrected chi connectivity index (χ3v) is 3.74. The first-order valence-corrected chi connectivity index (χ1v) is 6.14. The first-order valence-electron chi connectivity index (χ1n) is 4.49. The summed E-state index contributed by atoms with van der Waals surface area (Å²) in [6.45, 7) is -0.608. The molecular weight excluding hydrogens is 259 g/mol. The van der Waals surface area contributed by atoms with Crippen molar-refractivity contribution < 1.29 is 26.7 Å². The van der Waals surface area contributed by atoms with Crippen molar-refractivity contribution in [2.45, 2.75) is 11.1 Å². The maximum absolute atomic E-state index is 12.4. The number of nitrogen functional groups attached to an aromatic ring is 1. The van der Waals surface area contributed by atoms with Crippen LogP contribution in [-0.4, -0.2) is 25.9 Å². The fourth-order valence-electron chi connectivity index (χ4n) is 1.23. The number of halogens is 3. The van der Waals surface area contributed by atoms with Crippen LogP contribution >= 0.6 is 0 Å². The average molecular weight is 269 g/mol. The molecule has 1 aromatic carbocycles. The van der Waals surface area contributed by atoms with Crippen LogP contribution in [0.2, 0.25) is 0 Å². The molecular formula is C9H10F3NO3S. The molecule has 0 atom stereocenters. The summed E-state index contributed by atoms with van der Waals surface area (Å²) < 4.78 is 60.0. The molecule has 4 nitrogen and oxygen atoms in total. The molecule has 17 heavy (non-hydrogen) atoms. The molecule has 0 radical (unpaired) electrons. The summed E-state index contributed by atoms with van der Waals surface area (Å²) in [4.78, 5) is -0.336. The molecule has 0 heterocycles. The lowest BCUT2D eigenvalue weighted by molar-refractivity contribution is -0.136. The van der Waals surface area contributed by atoms with Gasteiger partial charge in [-0.3, -0.25) is 0 Å². The molecule has 8 heteroatoms. The molecule has 0 aliphatic carbocycles. The Balaban J connectivity index is 3.23. The van der Waals surface area contributed by atoms with Crippen LogP contribution < -0.4 is 5.73 Å². The highest BCUT2D eigenvalue weighted by Gasteiger charge is 2.33. The second-order valence-corrected chi connectivity index (χ2v) is 5.40. The van der Waals surface area contributed by atoms with Crippen molar-refractivity contribution in [1.29, 1.82) is 0 Å². The van der Waals surface area contributed by atoms with Gasteiger partial charge in [-0.15, -0.1) is 0 Å². The Morgan fingerprint density at radius 1 is 1.29 bits per heavy atom. The van der Waals surface area contributed by atoms with Gasteiger partial charge < -0.3 is 10.8 Å². The highest BCUT2D eigenvalue weighted by atomic mass is 32.2. The molecule has 0 aliphatic rings. The Kier molecular flexibility index (Phi) is 3.68. The molecule has 0 fully saturated rings. The summed E-state index contributed by atoms with van der Waals surface area (Å²) in [7, 11) is -3.79. The Hall–Kier alpha value is -1.28. The van der Waals surface area contributed by atoms with E-state index in [0.29, 0.717) is 6.07 Å². The van der Waals surface area contributed by atoms with E-state index in [9.17, 15) is 21.6 Å². The van der Waals surface area contributed by atoms with Crippen LogP contribution in [0, 0.1) is 0 Å². The van der Waals surface area contributed by atoms with E-state index in [0.717, 1.165) is 12.1 Å². The number of nitrogens with two attached hydrogens (primary N) is 1. The van der Waals surface area contributed by atoms with E-state index in [-0.39, 0.29) is 4.90 Å². The van der Waals surface area contributed by atoms with Crippen molar-refractivity contribution in [3.8, 4) is 0 Å². The first kappa shape index (κ1) is 13.8. The largest absolute Gasteiger partial charge is 0.418 e. The van der Waals surface area contributed by atoms with Gasteiger partial charge in [0.2, 0.25) is 0 Å². The molecule has 1 rings (SSSR count). The van der Waals surface area contributed by atoms with Crippen molar-refractivity contribution in [2.24, 2.45) is 0 Å². The zero-order chi connectivity index (χ0) is 13.3. The smallest absolute Gasteiger partial charge is 0.398 e. The summed E-state index contributed by atoms with van der Waals surface area (Å²) in [5, 5.41) is 8.53. The van der Waals surface area contributed by atoms with Gasteiger partial charge in [0, 0.05) is 5.69 Å². The Labute approximate surface area is 95.8 Å². The van der Waals surface area contributed by atoms with Crippen LogP contribution in [0.15, 0.2) is 23.1 Å². The second kappa shape index (κ2) is 4.53. The van der Waals surface area contributed by atoms with Gasteiger partial charge in [0.05, 0.1) is 22.8 Å². The second-order valence-electron chi connectivity index (χ2n) is 3.29. The number of hydrogen-bond acceptors (Lipinski definition) is 4. The topological polar surface area (TPSA) is 80.4 Å². The van der Waals surface area contributed by atoms with Crippen molar-refractivity contribution >= 4 is 15.5 Å². The quantitative estimate of drug-likeness (QED) is 0.804. The van der Waals surface area contributed by atoms with Crippen LogP contribution in [0.3, 0.4) is 0 Å². The predicted octanol–water partition coefficient (Wildman–Crippen LogP) is 1.05. The molecule has 0 unspecified atom stereocenters. The minimum Gasteiger partial charge on any atom is -0.398 e. The molecule has 0 spiro atoms. The van der Waals surface area contributed by atoms with E-state index >= 15 is 0 Å². The lowest BCUT2D eigenvalue weighted by atomic mass is 10.2. The van der Waals surface area contributed by atoms with Crippen LogP contribution in [0.1, 0.15) is 5.56 Å². The summed E-state index contributed by atoms with van der Waals surface area (Å²) in [5.74, 6) is -0.558. The van der Waals surface area contributed by atoms with Gasteiger partial charge in [-0.05, 0) is 18.2 Å². The number of sulfone groups is 1. The van der Waals surface area contributed by atoms with Crippen molar-refractivity contribution in [3.63, 3.8) is 0 Å². The first-order chi connectivity index (χ1) is 7.68. The van der Waals surface area contributed by atoms with E-state index in [2.05, 4.69) is 0 Å². The molecule has 0 saturated carbocycles. The van der Waals surface area contributed by atoms with Gasteiger partial charge in [-0.1, -0.05) is 0 Å². The molecule has 0 aliphatic heterocycles. The normalized spacial score (nSPS) is 12.7. The predicted molar refractivity (Wildman–Crippen MR) is 55.0 cm³/mol. The lowest BCUT2D eigenvalue weighted by Crippen LogP contribution is -2.13.